The first kappa shape index (κ1) is 12.3. The van der Waals surface area contributed by atoms with Gasteiger partial charge >= 0.3 is 0 Å². The quantitative estimate of drug-likeness (QED) is 0.666. The summed E-state index contributed by atoms with van der Waals surface area (Å²) in [5.74, 6) is -0.109. The van der Waals surface area contributed by atoms with Crippen molar-refractivity contribution in [3.05, 3.63) is 0 Å². The fraction of sp³-hybridized carbons (Fsp3) is 0.818. The molecule has 0 aromatic rings. The number of hydrogen-bond acceptors (Lipinski definition) is 4. The van der Waals surface area contributed by atoms with E-state index < -0.39 is 6.10 Å². The lowest BCUT2D eigenvalue weighted by Gasteiger charge is -2.33. The van der Waals surface area contributed by atoms with E-state index in [1.165, 1.54) is 9.80 Å². The Morgan fingerprint density at radius 3 is 2.82 bits per heavy atom. The number of carbonyl (C=O) groups is 2. The van der Waals surface area contributed by atoms with Gasteiger partial charge in [-0.25, -0.2) is 0 Å². The van der Waals surface area contributed by atoms with Crippen molar-refractivity contribution >= 4 is 11.8 Å². The summed E-state index contributed by atoms with van der Waals surface area (Å²) in [6.45, 7) is 1.60. The van der Waals surface area contributed by atoms with Gasteiger partial charge in [0.2, 0.25) is 11.8 Å². The summed E-state index contributed by atoms with van der Waals surface area (Å²) in [6.07, 6.45) is 0.217. The maximum atomic E-state index is 11.7. The summed E-state index contributed by atoms with van der Waals surface area (Å²) in [5, 5.41) is 9.97. The van der Waals surface area contributed by atoms with Gasteiger partial charge in [-0.15, -0.1) is 0 Å². The molecule has 0 aromatic heterocycles. The number of amides is 2. The molecule has 2 atom stereocenters. The third-order valence-electron chi connectivity index (χ3n) is 3.39. The van der Waals surface area contributed by atoms with E-state index in [0.717, 1.165) is 6.42 Å². The average Bonchev–Trinajstić information content (AvgIpc) is 2.79. The molecule has 2 saturated heterocycles. The fourth-order valence-corrected chi connectivity index (χ4v) is 2.16. The molecule has 2 amide bonds. The number of aliphatic hydroxyl groups excluding tert-OH is 1. The van der Waals surface area contributed by atoms with Crippen molar-refractivity contribution in [1.29, 1.82) is 0 Å². The van der Waals surface area contributed by atoms with E-state index in [1.807, 2.05) is 0 Å². The molecule has 2 aliphatic heterocycles. The number of β-amino-alcohol motifs (C(OH)–C–C–N with tert-alkyl or cyclic N) is 1. The van der Waals surface area contributed by atoms with Gasteiger partial charge < -0.3 is 19.6 Å². The Morgan fingerprint density at radius 1 is 1.41 bits per heavy atom. The molecule has 0 bridgehead atoms. The van der Waals surface area contributed by atoms with Gasteiger partial charge in [0.25, 0.3) is 0 Å². The third kappa shape index (κ3) is 2.76. The lowest BCUT2D eigenvalue weighted by molar-refractivity contribution is -0.150. The van der Waals surface area contributed by atoms with Crippen LogP contribution in [0.25, 0.3) is 0 Å². The molecule has 6 heteroatoms. The standard InChI is InChI=1S/C11H18N2O4/c1-12-5-11(16)13(6-10(12)15)4-9(14)8-2-3-17-7-8/h8-9,14H,2-7H2,1H3. The van der Waals surface area contributed by atoms with Gasteiger partial charge in [-0.2, -0.15) is 0 Å². The smallest absolute Gasteiger partial charge is 0.242 e. The molecule has 0 saturated carbocycles. The van der Waals surface area contributed by atoms with Crippen LogP contribution in [0.15, 0.2) is 0 Å². The number of hydrogen-bond donors (Lipinski definition) is 1. The molecule has 1 N–H and O–H groups in total. The summed E-state index contributed by atoms with van der Waals surface area (Å²) in [6, 6.07) is 0. The zero-order valence-corrected chi connectivity index (χ0v) is 9.96. The highest BCUT2D eigenvalue weighted by molar-refractivity contribution is 5.92. The number of nitrogens with zero attached hydrogens (tertiary/aromatic N) is 2. The van der Waals surface area contributed by atoms with Gasteiger partial charge in [-0.3, -0.25) is 9.59 Å². The Hall–Kier alpha value is -1.14. The highest BCUT2D eigenvalue weighted by Crippen LogP contribution is 2.18. The zero-order valence-electron chi connectivity index (χ0n) is 9.96. The van der Waals surface area contributed by atoms with Crippen molar-refractivity contribution in [2.75, 3.05) is 39.9 Å². The van der Waals surface area contributed by atoms with Gasteiger partial charge in [-0.05, 0) is 6.42 Å². The Labute approximate surface area is 100 Å². The SMILES string of the molecule is CN1CC(=O)N(CC(O)C2CCOC2)CC1=O. The van der Waals surface area contributed by atoms with Gasteiger partial charge in [-0.1, -0.05) is 0 Å². The maximum Gasteiger partial charge on any atom is 0.242 e. The second-order valence-electron chi connectivity index (χ2n) is 4.72. The Balaban J connectivity index is 1.89. The molecule has 6 nitrogen and oxygen atoms in total. The molecule has 2 unspecified atom stereocenters. The van der Waals surface area contributed by atoms with Crippen molar-refractivity contribution in [1.82, 2.24) is 9.80 Å². The van der Waals surface area contributed by atoms with Crippen molar-refractivity contribution in [3.8, 4) is 0 Å². The molecule has 17 heavy (non-hydrogen) atoms. The highest BCUT2D eigenvalue weighted by atomic mass is 16.5. The van der Waals surface area contributed by atoms with Crippen molar-refractivity contribution in [2.24, 2.45) is 5.92 Å². The molecule has 96 valence electrons. The van der Waals surface area contributed by atoms with E-state index in [4.69, 9.17) is 4.74 Å². The first-order valence-electron chi connectivity index (χ1n) is 5.85. The second kappa shape index (κ2) is 5.01. The largest absolute Gasteiger partial charge is 0.391 e. The third-order valence-corrected chi connectivity index (χ3v) is 3.39. The van der Waals surface area contributed by atoms with Gasteiger partial charge in [0.15, 0.2) is 0 Å². The molecular weight excluding hydrogens is 224 g/mol. The van der Waals surface area contributed by atoms with E-state index >= 15 is 0 Å². The minimum absolute atomic E-state index is 0.0694. The molecule has 0 aliphatic carbocycles. The van der Waals surface area contributed by atoms with Crippen LogP contribution in [-0.2, 0) is 14.3 Å². The van der Waals surface area contributed by atoms with Crippen LogP contribution in [0, 0.1) is 5.92 Å². The first-order chi connectivity index (χ1) is 8.08. The van der Waals surface area contributed by atoms with E-state index in [-0.39, 0.29) is 37.4 Å². The molecule has 0 aromatic carbocycles. The fourth-order valence-electron chi connectivity index (χ4n) is 2.16. The average molecular weight is 242 g/mol. The van der Waals surface area contributed by atoms with Crippen LogP contribution in [0.5, 0.6) is 0 Å². The van der Waals surface area contributed by atoms with Crippen molar-refractivity contribution in [2.45, 2.75) is 12.5 Å². The van der Waals surface area contributed by atoms with Crippen LogP contribution in [0.4, 0.5) is 0 Å². The first-order valence-corrected chi connectivity index (χ1v) is 5.85. The van der Waals surface area contributed by atoms with Crippen LogP contribution in [0.1, 0.15) is 6.42 Å². The van der Waals surface area contributed by atoms with E-state index in [1.54, 1.807) is 7.05 Å². The molecule has 2 fully saturated rings. The normalized spacial score (nSPS) is 27.8. The van der Waals surface area contributed by atoms with Crippen molar-refractivity contribution in [3.63, 3.8) is 0 Å². The minimum atomic E-state index is -0.599. The highest BCUT2D eigenvalue weighted by Gasteiger charge is 2.32. The minimum Gasteiger partial charge on any atom is -0.391 e. The summed E-state index contributed by atoms with van der Waals surface area (Å²) >= 11 is 0. The van der Waals surface area contributed by atoms with Crippen LogP contribution in [-0.4, -0.2) is 72.7 Å². The molecular formula is C11H18N2O4. The molecule has 2 aliphatic rings. The number of ether oxygens (including phenoxy) is 1. The van der Waals surface area contributed by atoms with Gasteiger partial charge in [0, 0.05) is 26.1 Å². The van der Waals surface area contributed by atoms with E-state index in [2.05, 4.69) is 0 Å². The van der Waals surface area contributed by atoms with Crippen LogP contribution in [0.2, 0.25) is 0 Å². The molecule has 2 rings (SSSR count). The van der Waals surface area contributed by atoms with Crippen molar-refractivity contribution < 1.29 is 19.4 Å². The molecule has 0 spiro atoms. The summed E-state index contributed by atoms with van der Waals surface area (Å²) in [7, 11) is 1.61. The summed E-state index contributed by atoms with van der Waals surface area (Å²) in [4.78, 5) is 26.0. The zero-order chi connectivity index (χ0) is 12.4. The molecule has 2 heterocycles. The van der Waals surface area contributed by atoms with Crippen LogP contribution in [0.3, 0.4) is 0 Å². The summed E-state index contributed by atoms with van der Waals surface area (Å²) < 4.78 is 5.19. The van der Waals surface area contributed by atoms with Crippen LogP contribution >= 0.6 is 0 Å². The topological polar surface area (TPSA) is 70.1 Å². The maximum absolute atomic E-state index is 11.7. The number of piperazine rings is 1. The summed E-state index contributed by atoms with van der Waals surface area (Å²) in [5.41, 5.74) is 0. The molecule has 0 radical (unpaired) electrons. The number of aliphatic hydroxyl groups is 1. The Kier molecular flexibility index (Phi) is 3.63. The van der Waals surface area contributed by atoms with Crippen LogP contribution < -0.4 is 0 Å². The number of likely N-dealkylation sites (N-methyl/N-ethyl adjacent to an activating group) is 1. The second-order valence-corrected chi connectivity index (χ2v) is 4.72. The van der Waals surface area contributed by atoms with E-state index in [9.17, 15) is 14.7 Å². The number of carbonyl (C=O) groups excluding carboxylic acids is 2. The van der Waals surface area contributed by atoms with Gasteiger partial charge in [0.1, 0.15) is 0 Å². The number of rotatable bonds is 3. The predicted molar refractivity (Wildman–Crippen MR) is 59.1 cm³/mol. The Morgan fingerprint density at radius 2 is 2.18 bits per heavy atom. The van der Waals surface area contributed by atoms with Gasteiger partial charge in [0.05, 0.1) is 25.8 Å². The lowest BCUT2D eigenvalue weighted by atomic mass is 10.0. The lowest BCUT2D eigenvalue weighted by Crippen LogP contribution is -2.54. The Bertz CT molecular complexity index is 315. The predicted octanol–water partition coefficient (Wildman–Crippen LogP) is -1.32. The van der Waals surface area contributed by atoms with E-state index in [0.29, 0.717) is 13.2 Å². The monoisotopic (exact) mass is 242 g/mol.